The number of ether oxygens (including phenoxy) is 1. The van der Waals surface area contributed by atoms with Crippen molar-refractivity contribution in [3.8, 4) is 5.75 Å². The molecule has 3 amide bonds. The van der Waals surface area contributed by atoms with Gasteiger partial charge >= 0.3 is 6.03 Å². The number of hydrogen-bond acceptors (Lipinski definition) is 4. The first-order valence-corrected chi connectivity index (χ1v) is 8.57. The molecular weight excluding hydrogens is 344 g/mol. The second-order valence-electron chi connectivity index (χ2n) is 6.48. The van der Waals surface area contributed by atoms with Gasteiger partial charge in [0.25, 0.3) is 0 Å². The van der Waals surface area contributed by atoms with Crippen LogP contribution in [0.5, 0.6) is 5.75 Å². The number of nitrogens with one attached hydrogen (secondary N) is 2. The number of carbonyl (C=O) groups excluding carboxylic acids is 2. The minimum atomic E-state index is -0.538. The summed E-state index contributed by atoms with van der Waals surface area (Å²) in [7, 11) is 5.52. The average Bonchev–Trinajstić information content (AvgIpc) is 2.63. The number of aryl methyl sites for hydroxylation is 1. The van der Waals surface area contributed by atoms with Crippen molar-refractivity contribution in [1.82, 2.24) is 10.2 Å². The van der Waals surface area contributed by atoms with Gasteiger partial charge in [0.1, 0.15) is 5.75 Å². The summed E-state index contributed by atoms with van der Waals surface area (Å²) in [5.74, 6) is 0.229. The number of amides is 3. The number of nitrogens with zero attached hydrogens (tertiary/aromatic N) is 1. The summed E-state index contributed by atoms with van der Waals surface area (Å²) in [5.41, 5.74) is 8.07. The number of benzene rings is 2. The molecule has 0 radical (unpaired) electrons. The van der Waals surface area contributed by atoms with E-state index in [0.717, 1.165) is 16.9 Å². The van der Waals surface area contributed by atoms with Crippen molar-refractivity contribution in [2.45, 2.75) is 13.0 Å². The first kappa shape index (κ1) is 20.3. The number of likely N-dealkylation sites (N-methyl/N-ethyl adjacent to an activating group) is 1. The zero-order valence-electron chi connectivity index (χ0n) is 16.1. The van der Waals surface area contributed by atoms with Gasteiger partial charge in [-0.3, -0.25) is 4.79 Å². The van der Waals surface area contributed by atoms with Gasteiger partial charge in [0.2, 0.25) is 5.91 Å². The molecule has 0 aliphatic rings. The van der Waals surface area contributed by atoms with Crippen molar-refractivity contribution in [2.75, 3.05) is 33.1 Å². The van der Waals surface area contributed by atoms with Crippen molar-refractivity contribution in [3.05, 3.63) is 59.2 Å². The van der Waals surface area contributed by atoms with Crippen LogP contribution < -0.4 is 21.1 Å². The van der Waals surface area contributed by atoms with Gasteiger partial charge < -0.3 is 26.0 Å². The summed E-state index contributed by atoms with van der Waals surface area (Å²) < 4.78 is 5.28. The maximum Gasteiger partial charge on any atom is 0.319 e. The number of primary amides is 1. The second kappa shape index (κ2) is 9.05. The standard InChI is InChI=1S/C20H26N4O3/c1-13-8-9-15(19(21)25)11-17(13)23-20(26)22-12-18(24(2)3)14-6-5-7-16(10-14)27-4/h5-11,18H,12H2,1-4H3,(H2,21,25)(H2,22,23,26). The lowest BCUT2D eigenvalue weighted by molar-refractivity contribution is 0.1000. The predicted molar refractivity (Wildman–Crippen MR) is 106 cm³/mol. The minimum absolute atomic E-state index is 0.0242. The van der Waals surface area contributed by atoms with E-state index >= 15 is 0 Å². The number of rotatable bonds is 7. The monoisotopic (exact) mass is 370 g/mol. The Kier molecular flexibility index (Phi) is 6.79. The van der Waals surface area contributed by atoms with Crippen LogP contribution in [0.4, 0.5) is 10.5 Å². The molecule has 0 heterocycles. The predicted octanol–water partition coefficient (Wildman–Crippen LogP) is 2.53. The van der Waals surface area contributed by atoms with Crippen molar-refractivity contribution < 1.29 is 14.3 Å². The first-order chi connectivity index (χ1) is 12.8. The molecule has 0 aliphatic heterocycles. The maximum atomic E-state index is 12.3. The average molecular weight is 370 g/mol. The fourth-order valence-corrected chi connectivity index (χ4v) is 2.71. The molecule has 0 fully saturated rings. The molecule has 1 unspecified atom stereocenters. The Morgan fingerprint density at radius 3 is 2.56 bits per heavy atom. The molecule has 2 aromatic carbocycles. The summed E-state index contributed by atoms with van der Waals surface area (Å²) in [6.07, 6.45) is 0. The Balaban J connectivity index is 2.06. The zero-order chi connectivity index (χ0) is 20.0. The number of methoxy groups -OCH3 is 1. The fraction of sp³-hybridized carbons (Fsp3) is 0.300. The Morgan fingerprint density at radius 1 is 1.19 bits per heavy atom. The van der Waals surface area contributed by atoms with Gasteiger partial charge in [-0.15, -0.1) is 0 Å². The first-order valence-electron chi connectivity index (χ1n) is 8.57. The Hall–Kier alpha value is -3.06. The molecule has 2 rings (SSSR count). The molecule has 0 aliphatic carbocycles. The van der Waals surface area contributed by atoms with Crippen LogP contribution >= 0.6 is 0 Å². The Morgan fingerprint density at radius 2 is 1.93 bits per heavy atom. The van der Waals surface area contributed by atoms with Crippen LogP contribution in [-0.2, 0) is 0 Å². The van der Waals surface area contributed by atoms with Gasteiger partial charge in [0, 0.05) is 17.8 Å². The van der Waals surface area contributed by atoms with E-state index in [4.69, 9.17) is 10.5 Å². The van der Waals surface area contributed by atoms with Gasteiger partial charge in [0.05, 0.1) is 13.2 Å². The summed E-state index contributed by atoms with van der Waals surface area (Å²) in [6.45, 7) is 2.25. The van der Waals surface area contributed by atoms with Crippen molar-refractivity contribution >= 4 is 17.6 Å². The molecule has 7 heteroatoms. The smallest absolute Gasteiger partial charge is 0.319 e. The highest BCUT2D eigenvalue weighted by Gasteiger charge is 2.16. The van der Waals surface area contributed by atoms with Crippen LogP contribution in [0, 0.1) is 6.92 Å². The molecule has 1 atom stereocenters. The zero-order valence-corrected chi connectivity index (χ0v) is 16.1. The van der Waals surface area contributed by atoms with Crippen molar-refractivity contribution in [3.63, 3.8) is 0 Å². The third-order valence-electron chi connectivity index (χ3n) is 4.33. The number of hydrogen-bond donors (Lipinski definition) is 3. The summed E-state index contributed by atoms with van der Waals surface area (Å²) >= 11 is 0. The second-order valence-corrected chi connectivity index (χ2v) is 6.48. The highest BCUT2D eigenvalue weighted by Crippen LogP contribution is 2.22. The highest BCUT2D eigenvalue weighted by atomic mass is 16.5. The minimum Gasteiger partial charge on any atom is -0.497 e. The highest BCUT2D eigenvalue weighted by molar-refractivity contribution is 5.96. The lowest BCUT2D eigenvalue weighted by Crippen LogP contribution is -2.37. The molecule has 0 spiro atoms. The maximum absolute atomic E-state index is 12.3. The van der Waals surface area contributed by atoms with E-state index in [1.807, 2.05) is 50.2 Å². The summed E-state index contributed by atoms with van der Waals surface area (Å²) in [6, 6.07) is 12.3. The normalized spacial score (nSPS) is 11.7. The quantitative estimate of drug-likeness (QED) is 0.698. The van der Waals surface area contributed by atoms with Gasteiger partial charge in [-0.25, -0.2) is 4.79 Å². The third kappa shape index (κ3) is 5.46. The molecule has 4 N–H and O–H groups in total. The van der Waals surface area contributed by atoms with E-state index in [1.165, 1.54) is 0 Å². The van der Waals surface area contributed by atoms with E-state index < -0.39 is 5.91 Å². The number of anilines is 1. The topological polar surface area (TPSA) is 96.7 Å². The van der Waals surface area contributed by atoms with E-state index in [1.54, 1.807) is 25.3 Å². The lowest BCUT2D eigenvalue weighted by atomic mass is 10.1. The summed E-state index contributed by atoms with van der Waals surface area (Å²) in [4.78, 5) is 25.7. The molecule has 0 aromatic heterocycles. The molecule has 27 heavy (non-hydrogen) atoms. The van der Waals surface area contributed by atoms with Gasteiger partial charge in [-0.2, -0.15) is 0 Å². The number of urea groups is 1. The van der Waals surface area contributed by atoms with E-state index in [0.29, 0.717) is 17.8 Å². The Labute approximate surface area is 159 Å². The molecule has 7 nitrogen and oxygen atoms in total. The number of nitrogens with two attached hydrogens (primary N) is 1. The van der Waals surface area contributed by atoms with Gasteiger partial charge in [-0.1, -0.05) is 18.2 Å². The van der Waals surface area contributed by atoms with Crippen LogP contribution in [0.15, 0.2) is 42.5 Å². The summed E-state index contributed by atoms with van der Waals surface area (Å²) in [5, 5.41) is 5.65. The van der Waals surface area contributed by atoms with Crippen molar-refractivity contribution in [2.24, 2.45) is 5.73 Å². The number of carbonyl (C=O) groups is 2. The van der Waals surface area contributed by atoms with E-state index in [2.05, 4.69) is 10.6 Å². The lowest BCUT2D eigenvalue weighted by Gasteiger charge is -2.25. The van der Waals surface area contributed by atoms with E-state index in [9.17, 15) is 9.59 Å². The van der Waals surface area contributed by atoms with Crippen LogP contribution in [0.2, 0.25) is 0 Å². The fourth-order valence-electron chi connectivity index (χ4n) is 2.71. The Bertz CT molecular complexity index is 821. The van der Waals surface area contributed by atoms with E-state index in [-0.39, 0.29) is 12.1 Å². The molecule has 2 aromatic rings. The molecular formula is C20H26N4O3. The molecule has 0 bridgehead atoms. The van der Waals surface area contributed by atoms with Crippen LogP contribution in [-0.4, -0.2) is 44.6 Å². The van der Waals surface area contributed by atoms with Gasteiger partial charge in [-0.05, 0) is 56.4 Å². The molecule has 144 valence electrons. The molecule has 0 saturated carbocycles. The SMILES string of the molecule is COc1cccc(C(CNC(=O)Nc2cc(C(N)=O)ccc2C)N(C)C)c1. The van der Waals surface area contributed by atoms with Crippen LogP contribution in [0.25, 0.3) is 0 Å². The van der Waals surface area contributed by atoms with Gasteiger partial charge in [0.15, 0.2) is 0 Å². The van der Waals surface area contributed by atoms with Crippen molar-refractivity contribution in [1.29, 1.82) is 0 Å². The van der Waals surface area contributed by atoms with Crippen LogP contribution in [0.1, 0.15) is 27.5 Å². The molecule has 0 saturated heterocycles. The largest absolute Gasteiger partial charge is 0.497 e. The van der Waals surface area contributed by atoms with Crippen LogP contribution in [0.3, 0.4) is 0 Å². The third-order valence-corrected chi connectivity index (χ3v) is 4.33.